The third kappa shape index (κ3) is 2.34. The van der Waals surface area contributed by atoms with Crippen molar-refractivity contribution >= 4 is 15.9 Å². The van der Waals surface area contributed by atoms with E-state index in [2.05, 4.69) is 51.5 Å². The largest absolute Gasteiger partial charge is 0.322 e. The Morgan fingerprint density at radius 2 is 1.90 bits per heavy atom. The van der Waals surface area contributed by atoms with Crippen LogP contribution in [0.3, 0.4) is 0 Å². The van der Waals surface area contributed by atoms with E-state index in [4.69, 9.17) is 5.73 Å². The number of aromatic nitrogens is 2. The second-order valence-electron chi connectivity index (χ2n) is 6.72. The van der Waals surface area contributed by atoms with Gasteiger partial charge in [0.05, 0.1) is 22.4 Å². The van der Waals surface area contributed by atoms with Gasteiger partial charge in [-0.1, -0.05) is 0 Å². The molecule has 5 heteroatoms. The third-order valence-electron chi connectivity index (χ3n) is 5.23. The zero-order chi connectivity index (χ0) is 14.4. The SMILES string of the molecule is CC(C)n1ncc(Br)c1C(N)C1CC2CCC(C1)N2C. The molecule has 1 aromatic rings. The van der Waals surface area contributed by atoms with Crippen LogP contribution in [0, 0.1) is 5.92 Å². The fourth-order valence-corrected chi connectivity index (χ4v) is 4.58. The van der Waals surface area contributed by atoms with Gasteiger partial charge in [-0.3, -0.25) is 4.68 Å². The van der Waals surface area contributed by atoms with Gasteiger partial charge in [-0.15, -0.1) is 0 Å². The van der Waals surface area contributed by atoms with Gasteiger partial charge < -0.3 is 10.6 Å². The first kappa shape index (κ1) is 14.5. The molecule has 3 unspecified atom stereocenters. The molecule has 3 heterocycles. The van der Waals surface area contributed by atoms with Crippen molar-refractivity contribution in [2.24, 2.45) is 11.7 Å². The topological polar surface area (TPSA) is 47.1 Å². The minimum atomic E-state index is 0.0890. The van der Waals surface area contributed by atoms with Gasteiger partial charge in [-0.25, -0.2) is 0 Å². The molecule has 2 fully saturated rings. The lowest BCUT2D eigenvalue weighted by molar-refractivity contribution is 0.118. The summed E-state index contributed by atoms with van der Waals surface area (Å²) in [6.45, 7) is 4.32. The number of hydrogen-bond donors (Lipinski definition) is 1. The molecule has 2 bridgehead atoms. The smallest absolute Gasteiger partial charge is 0.0699 e. The number of rotatable bonds is 3. The zero-order valence-electron chi connectivity index (χ0n) is 12.6. The molecule has 0 aliphatic carbocycles. The fourth-order valence-electron chi connectivity index (χ4n) is 4.04. The van der Waals surface area contributed by atoms with E-state index < -0.39 is 0 Å². The summed E-state index contributed by atoms with van der Waals surface area (Å²) in [5, 5.41) is 4.48. The Kier molecular flexibility index (Phi) is 3.95. The molecule has 3 rings (SSSR count). The molecule has 2 N–H and O–H groups in total. The van der Waals surface area contributed by atoms with E-state index in [1.807, 2.05) is 6.20 Å². The predicted molar refractivity (Wildman–Crippen MR) is 84.5 cm³/mol. The van der Waals surface area contributed by atoms with Crippen LogP contribution in [0.25, 0.3) is 0 Å². The van der Waals surface area contributed by atoms with Crippen molar-refractivity contribution < 1.29 is 0 Å². The first-order valence-corrected chi connectivity index (χ1v) is 8.48. The molecule has 2 saturated heterocycles. The summed E-state index contributed by atoms with van der Waals surface area (Å²) in [4.78, 5) is 2.57. The van der Waals surface area contributed by atoms with Crippen LogP contribution in [0.1, 0.15) is 57.3 Å². The molecule has 2 aliphatic rings. The minimum Gasteiger partial charge on any atom is -0.322 e. The van der Waals surface area contributed by atoms with Gasteiger partial charge in [0.15, 0.2) is 0 Å². The van der Waals surface area contributed by atoms with E-state index in [-0.39, 0.29) is 6.04 Å². The van der Waals surface area contributed by atoms with Crippen molar-refractivity contribution in [3.05, 3.63) is 16.4 Å². The lowest BCUT2D eigenvalue weighted by atomic mass is 9.84. The van der Waals surface area contributed by atoms with Gasteiger partial charge in [0.25, 0.3) is 0 Å². The van der Waals surface area contributed by atoms with Crippen molar-refractivity contribution in [1.82, 2.24) is 14.7 Å². The maximum absolute atomic E-state index is 6.64. The summed E-state index contributed by atoms with van der Waals surface area (Å²) in [6.07, 6.45) is 7.02. The Morgan fingerprint density at radius 1 is 1.30 bits per heavy atom. The van der Waals surface area contributed by atoms with E-state index in [0.29, 0.717) is 12.0 Å². The van der Waals surface area contributed by atoms with Crippen molar-refractivity contribution in [2.75, 3.05) is 7.05 Å². The summed E-state index contributed by atoms with van der Waals surface area (Å²) in [5.74, 6) is 0.578. The van der Waals surface area contributed by atoms with Crippen LogP contribution in [0.2, 0.25) is 0 Å². The first-order chi connectivity index (χ1) is 9.49. The second kappa shape index (κ2) is 5.43. The molecule has 0 aromatic carbocycles. The number of fused-ring (bicyclic) bond motifs is 2. The highest BCUT2D eigenvalue weighted by molar-refractivity contribution is 9.10. The first-order valence-electron chi connectivity index (χ1n) is 7.69. The third-order valence-corrected chi connectivity index (χ3v) is 5.85. The van der Waals surface area contributed by atoms with Gasteiger partial charge >= 0.3 is 0 Å². The van der Waals surface area contributed by atoms with Crippen LogP contribution >= 0.6 is 15.9 Å². The molecule has 112 valence electrons. The van der Waals surface area contributed by atoms with E-state index in [0.717, 1.165) is 16.6 Å². The number of nitrogens with two attached hydrogens (primary N) is 1. The van der Waals surface area contributed by atoms with Crippen molar-refractivity contribution in [3.8, 4) is 0 Å². The summed E-state index contributed by atoms with van der Waals surface area (Å²) >= 11 is 3.64. The molecule has 1 aromatic heterocycles. The van der Waals surface area contributed by atoms with Gasteiger partial charge in [0, 0.05) is 18.1 Å². The maximum atomic E-state index is 6.64. The fraction of sp³-hybridized carbons (Fsp3) is 0.800. The van der Waals surface area contributed by atoms with Crippen molar-refractivity contribution in [2.45, 2.75) is 63.7 Å². The number of halogens is 1. The van der Waals surface area contributed by atoms with Gasteiger partial charge in [0.1, 0.15) is 0 Å². The maximum Gasteiger partial charge on any atom is 0.0699 e. The Morgan fingerprint density at radius 3 is 2.45 bits per heavy atom. The monoisotopic (exact) mass is 340 g/mol. The van der Waals surface area contributed by atoms with E-state index in [1.165, 1.54) is 31.4 Å². The molecule has 0 spiro atoms. The van der Waals surface area contributed by atoms with E-state index >= 15 is 0 Å². The highest BCUT2D eigenvalue weighted by Crippen LogP contribution is 2.43. The summed E-state index contributed by atoms with van der Waals surface area (Å²) in [5.41, 5.74) is 7.82. The van der Waals surface area contributed by atoms with Gasteiger partial charge in [-0.05, 0) is 68.4 Å². The molecule has 0 amide bonds. The lowest BCUT2D eigenvalue weighted by Gasteiger charge is -2.39. The number of nitrogens with zero attached hydrogens (tertiary/aromatic N) is 3. The van der Waals surface area contributed by atoms with Crippen LogP contribution < -0.4 is 5.73 Å². The van der Waals surface area contributed by atoms with Crippen LogP contribution in [-0.2, 0) is 0 Å². The quantitative estimate of drug-likeness (QED) is 0.919. The molecule has 3 atom stereocenters. The summed E-state index contributed by atoms with van der Waals surface area (Å²) in [7, 11) is 2.28. The minimum absolute atomic E-state index is 0.0890. The standard InChI is InChI=1S/C15H25BrN4/c1-9(2)20-15(13(16)8-18-20)14(17)10-6-11-4-5-12(7-10)19(11)3/h8-12,14H,4-7,17H2,1-3H3. The Labute approximate surface area is 129 Å². The van der Waals surface area contributed by atoms with Gasteiger partial charge in [0.2, 0.25) is 0 Å². The number of hydrogen-bond acceptors (Lipinski definition) is 3. The molecular weight excluding hydrogens is 316 g/mol. The Hall–Kier alpha value is -0.390. The summed E-state index contributed by atoms with van der Waals surface area (Å²) < 4.78 is 3.14. The molecule has 20 heavy (non-hydrogen) atoms. The molecule has 2 aliphatic heterocycles. The Bertz CT molecular complexity index is 470. The van der Waals surface area contributed by atoms with Crippen LogP contribution in [0.4, 0.5) is 0 Å². The Balaban J connectivity index is 1.83. The summed E-state index contributed by atoms with van der Waals surface area (Å²) in [6, 6.07) is 1.91. The predicted octanol–water partition coefficient (Wildman–Crippen LogP) is 3.10. The van der Waals surface area contributed by atoms with Crippen molar-refractivity contribution in [3.63, 3.8) is 0 Å². The molecule has 4 nitrogen and oxygen atoms in total. The van der Waals surface area contributed by atoms with Gasteiger partial charge in [-0.2, -0.15) is 5.10 Å². The highest BCUT2D eigenvalue weighted by atomic mass is 79.9. The van der Waals surface area contributed by atoms with E-state index in [1.54, 1.807) is 0 Å². The highest BCUT2D eigenvalue weighted by Gasteiger charge is 2.41. The molecule has 0 radical (unpaired) electrons. The van der Waals surface area contributed by atoms with Crippen LogP contribution in [0.5, 0.6) is 0 Å². The number of piperidine rings is 1. The molecule has 0 saturated carbocycles. The second-order valence-corrected chi connectivity index (χ2v) is 7.58. The normalized spacial score (nSPS) is 32.0. The van der Waals surface area contributed by atoms with E-state index in [9.17, 15) is 0 Å². The lowest BCUT2D eigenvalue weighted by Crippen LogP contribution is -2.43. The van der Waals surface area contributed by atoms with Crippen LogP contribution in [-0.4, -0.2) is 33.8 Å². The van der Waals surface area contributed by atoms with Crippen molar-refractivity contribution in [1.29, 1.82) is 0 Å². The molecular formula is C15H25BrN4. The average Bonchev–Trinajstić information content (AvgIpc) is 2.85. The zero-order valence-corrected chi connectivity index (χ0v) is 14.2. The average molecular weight is 341 g/mol. The van der Waals surface area contributed by atoms with Crippen LogP contribution in [0.15, 0.2) is 10.7 Å².